The first kappa shape index (κ1) is 16.7. The molecule has 0 aromatic heterocycles. The Balaban J connectivity index is 2.33. The predicted octanol–water partition coefficient (Wildman–Crippen LogP) is 2.75. The van der Waals surface area contributed by atoms with E-state index >= 15 is 0 Å². The number of hydrogen-bond acceptors (Lipinski definition) is 3. The molecule has 0 aliphatic carbocycles. The third-order valence-electron chi connectivity index (χ3n) is 3.92. The van der Waals surface area contributed by atoms with Gasteiger partial charge in [0, 0.05) is 25.8 Å². The fourth-order valence-electron chi connectivity index (χ4n) is 2.50. The highest BCUT2D eigenvalue weighted by molar-refractivity contribution is 7.89. The van der Waals surface area contributed by atoms with Gasteiger partial charge in [-0.05, 0) is 38.0 Å². The van der Waals surface area contributed by atoms with Crippen LogP contribution in [0.4, 0.5) is 4.39 Å². The lowest BCUT2D eigenvalue weighted by molar-refractivity contribution is -0.0319. The van der Waals surface area contributed by atoms with Gasteiger partial charge in [0.15, 0.2) is 0 Å². The van der Waals surface area contributed by atoms with Crippen molar-refractivity contribution in [3.63, 3.8) is 0 Å². The Morgan fingerprint density at radius 2 is 2.19 bits per heavy atom. The van der Waals surface area contributed by atoms with Crippen LogP contribution in [0.25, 0.3) is 0 Å². The molecule has 1 aliphatic rings. The predicted molar refractivity (Wildman–Crippen MR) is 79.4 cm³/mol. The van der Waals surface area contributed by atoms with Gasteiger partial charge in [0.2, 0.25) is 10.0 Å². The van der Waals surface area contributed by atoms with Crippen LogP contribution in [-0.2, 0) is 20.6 Å². The second kappa shape index (κ2) is 6.20. The number of methoxy groups -OCH3 is 1. The molecule has 0 spiro atoms. The smallest absolute Gasteiger partial charge is 0.243 e. The van der Waals surface area contributed by atoms with Crippen LogP contribution in [0, 0.1) is 5.82 Å². The van der Waals surface area contributed by atoms with Crippen LogP contribution in [-0.4, -0.2) is 38.5 Å². The van der Waals surface area contributed by atoms with E-state index < -0.39 is 21.4 Å². The van der Waals surface area contributed by atoms with Gasteiger partial charge in [-0.25, -0.2) is 12.8 Å². The van der Waals surface area contributed by atoms with Gasteiger partial charge in [0.05, 0.1) is 16.4 Å². The van der Waals surface area contributed by atoms with E-state index in [2.05, 4.69) is 0 Å². The zero-order chi connectivity index (χ0) is 15.7. The van der Waals surface area contributed by atoms with Gasteiger partial charge in [0.25, 0.3) is 0 Å². The Hall–Kier alpha value is -0.690. The molecule has 0 N–H and O–H groups in total. The number of ether oxygens (including phenoxy) is 1. The molecule has 21 heavy (non-hydrogen) atoms. The second-order valence-electron chi connectivity index (χ2n) is 5.48. The maximum atomic E-state index is 13.5. The monoisotopic (exact) mass is 335 g/mol. The first-order valence-electron chi connectivity index (χ1n) is 6.72. The van der Waals surface area contributed by atoms with Crippen molar-refractivity contribution in [1.29, 1.82) is 0 Å². The topological polar surface area (TPSA) is 46.6 Å². The van der Waals surface area contributed by atoms with E-state index in [9.17, 15) is 12.8 Å². The third kappa shape index (κ3) is 3.39. The molecule has 1 aromatic rings. The minimum atomic E-state index is -3.66. The van der Waals surface area contributed by atoms with E-state index in [4.69, 9.17) is 16.3 Å². The lowest BCUT2D eigenvalue weighted by Gasteiger charge is -2.38. The van der Waals surface area contributed by atoms with Crippen molar-refractivity contribution in [2.24, 2.45) is 0 Å². The molecule has 1 fully saturated rings. The highest BCUT2D eigenvalue weighted by atomic mass is 35.5. The van der Waals surface area contributed by atoms with Gasteiger partial charge in [-0.3, -0.25) is 0 Å². The number of benzene rings is 1. The Labute approximate surface area is 129 Å². The summed E-state index contributed by atoms with van der Waals surface area (Å²) in [6.45, 7) is 2.62. The highest BCUT2D eigenvalue weighted by Crippen LogP contribution is 2.29. The highest BCUT2D eigenvalue weighted by Gasteiger charge is 2.37. The second-order valence-corrected chi connectivity index (χ2v) is 7.69. The molecular weight excluding hydrogens is 317 g/mol. The van der Waals surface area contributed by atoms with Crippen LogP contribution in [0.5, 0.6) is 0 Å². The molecule has 0 bridgehead atoms. The molecule has 1 aliphatic heterocycles. The number of alkyl halides is 1. The van der Waals surface area contributed by atoms with Crippen molar-refractivity contribution >= 4 is 21.6 Å². The summed E-state index contributed by atoms with van der Waals surface area (Å²) in [6, 6.07) is 3.72. The normalized spacial score (nSPS) is 24.2. The maximum absolute atomic E-state index is 13.5. The minimum Gasteiger partial charge on any atom is -0.377 e. The van der Waals surface area contributed by atoms with Crippen molar-refractivity contribution < 1.29 is 17.5 Å². The summed E-state index contributed by atoms with van der Waals surface area (Å²) in [5.41, 5.74) is -0.301. The summed E-state index contributed by atoms with van der Waals surface area (Å²) in [6.07, 6.45) is 1.54. The Morgan fingerprint density at radius 3 is 2.81 bits per heavy atom. The molecule has 1 atom stereocenters. The lowest BCUT2D eigenvalue weighted by atomic mass is 9.96. The van der Waals surface area contributed by atoms with Gasteiger partial charge in [0.1, 0.15) is 5.82 Å². The summed E-state index contributed by atoms with van der Waals surface area (Å²) in [5.74, 6) is -0.561. The van der Waals surface area contributed by atoms with E-state index in [0.717, 1.165) is 18.9 Å². The summed E-state index contributed by atoms with van der Waals surface area (Å²) >= 11 is 5.64. The summed E-state index contributed by atoms with van der Waals surface area (Å²) in [5, 5.41) is 0. The van der Waals surface area contributed by atoms with Crippen LogP contribution in [0.1, 0.15) is 25.3 Å². The van der Waals surface area contributed by atoms with Gasteiger partial charge >= 0.3 is 0 Å². The molecule has 7 heteroatoms. The number of hydrogen-bond donors (Lipinski definition) is 0. The molecule has 0 radical (unpaired) electrons. The standard InChI is InChI=1S/C14H19ClFNO3S/c1-14(20-2)6-3-7-17(10-14)21(18,19)12-4-5-13(16)11(8-12)9-15/h4-5,8H,3,6-7,9-10H2,1-2H3. The van der Waals surface area contributed by atoms with Crippen molar-refractivity contribution in [2.45, 2.75) is 36.1 Å². The van der Waals surface area contributed by atoms with Crippen LogP contribution < -0.4 is 0 Å². The molecule has 1 saturated heterocycles. The van der Waals surface area contributed by atoms with E-state index in [1.807, 2.05) is 6.92 Å². The zero-order valence-corrected chi connectivity index (χ0v) is 13.7. The lowest BCUT2D eigenvalue weighted by Crippen LogP contribution is -2.49. The van der Waals surface area contributed by atoms with E-state index in [0.29, 0.717) is 13.1 Å². The number of nitrogens with zero attached hydrogens (tertiary/aromatic N) is 1. The Morgan fingerprint density at radius 1 is 1.48 bits per heavy atom. The van der Waals surface area contributed by atoms with Crippen molar-refractivity contribution in [3.05, 3.63) is 29.6 Å². The zero-order valence-electron chi connectivity index (χ0n) is 12.1. The average Bonchev–Trinajstić information content (AvgIpc) is 2.47. The summed E-state index contributed by atoms with van der Waals surface area (Å²) in [7, 11) is -2.08. The molecule has 0 saturated carbocycles. The van der Waals surface area contributed by atoms with Crippen molar-refractivity contribution in [3.8, 4) is 0 Å². The maximum Gasteiger partial charge on any atom is 0.243 e. The largest absolute Gasteiger partial charge is 0.377 e. The van der Waals surface area contributed by atoms with Crippen molar-refractivity contribution in [2.75, 3.05) is 20.2 Å². The van der Waals surface area contributed by atoms with Crippen LogP contribution in [0.2, 0.25) is 0 Å². The van der Waals surface area contributed by atoms with Gasteiger partial charge < -0.3 is 4.74 Å². The molecule has 2 rings (SSSR count). The van der Waals surface area contributed by atoms with Crippen LogP contribution >= 0.6 is 11.6 Å². The first-order chi connectivity index (χ1) is 9.82. The molecule has 118 valence electrons. The van der Waals surface area contributed by atoms with Gasteiger partial charge in [-0.1, -0.05) is 0 Å². The minimum absolute atomic E-state index is 0.0645. The number of piperidine rings is 1. The average molecular weight is 336 g/mol. The van der Waals surface area contributed by atoms with E-state index in [1.165, 1.54) is 16.4 Å². The third-order valence-corrected chi connectivity index (χ3v) is 6.04. The number of rotatable bonds is 4. The summed E-state index contributed by atoms with van der Waals surface area (Å²) in [4.78, 5) is 0.0694. The Kier molecular flexibility index (Phi) is 4.92. The molecule has 1 aromatic carbocycles. The van der Waals surface area contributed by atoms with Gasteiger partial charge in [-0.15, -0.1) is 11.6 Å². The van der Waals surface area contributed by atoms with Crippen LogP contribution in [0.3, 0.4) is 0 Å². The summed E-state index contributed by atoms with van der Waals surface area (Å²) < 4.78 is 45.6. The molecule has 1 heterocycles. The number of sulfonamides is 1. The molecular formula is C14H19ClFNO3S. The fraction of sp³-hybridized carbons (Fsp3) is 0.571. The van der Waals surface area contributed by atoms with E-state index in [-0.39, 0.29) is 16.3 Å². The first-order valence-corrected chi connectivity index (χ1v) is 8.69. The molecule has 1 unspecified atom stereocenters. The molecule has 4 nitrogen and oxygen atoms in total. The van der Waals surface area contributed by atoms with Crippen molar-refractivity contribution in [1.82, 2.24) is 4.31 Å². The van der Waals surface area contributed by atoms with E-state index in [1.54, 1.807) is 7.11 Å². The Bertz CT molecular complexity index is 623. The quantitative estimate of drug-likeness (QED) is 0.795. The fourth-order valence-corrected chi connectivity index (χ4v) is 4.34. The van der Waals surface area contributed by atoms with Gasteiger partial charge in [-0.2, -0.15) is 4.31 Å². The number of halogens is 2. The van der Waals surface area contributed by atoms with Crippen LogP contribution in [0.15, 0.2) is 23.1 Å². The molecule has 0 amide bonds. The SMILES string of the molecule is COC1(C)CCCN(S(=O)(=O)c2ccc(F)c(CCl)c2)C1.